The predicted molar refractivity (Wildman–Crippen MR) is 74.5 cm³/mol. The summed E-state index contributed by atoms with van der Waals surface area (Å²) in [4.78, 5) is 2.28. The Bertz CT molecular complexity index is 477. The number of benzene rings is 1. The third-order valence-electron chi connectivity index (χ3n) is 3.08. The topological polar surface area (TPSA) is 42.4 Å². The molecular weight excluding hydrogens is 224 g/mol. The molecule has 0 amide bonds. The van der Waals surface area contributed by atoms with Crippen molar-refractivity contribution in [1.82, 2.24) is 0 Å². The van der Waals surface area contributed by atoms with Gasteiger partial charge in [0.15, 0.2) is 0 Å². The van der Waals surface area contributed by atoms with Gasteiger partial charge in [0.05, 0.1) is 12.8 Å². The molecule has 2 rings (SSSR count). The molecular formula is C15H20N2O. The van der Waals surface area contributed by atoms with Crippen LogP contribution in [-0.2, 0) is 6.54 Å². The number of rotatable bonds is 5. The van der Waals surface area contributed by atoms with E-state index in [4.69, 9.17) is 10.2 Å². The van der Waals surface area contributed by atoms with Crippen LogP contribution in [0.1, 0.15) is 31.2 Å². The van der Waals surface area contributed by atoms with E-state index in [2.05, 4.69) is 24.0 Å². The number of para-hydroxylation sites is 1. The Morgan fingerprint density at radius 2 is 2.00 bits per heavy atom. The molecule has 0 radical (unpaired) electrons. The molecule has 0 saturated heterocycles. The Hall–Kier alpha value is -1.74. The van der Waals surface area contributed by atoms with Crippen LogP contribution in [0.15, 0.2) is 47.1 Å². The number of nitrogens with zero attached hydrogens (tertiary/aromatic N) is 1. The van der Waals surface area contributed by atoms with Crippen molar-refractivity contribution in [3.8, 4) is 0 Å². The van der Waals surface area contributed by atoms with Crippen LogP contribution < -0.4 is 10.6 Å². The molecule has 0 saturated carbocycles. The predicted octanol–water partition coefficient (Wildman–Crippen LogP) is 3.33. The molecule has 1 aromatic heterocycles. The quantitative estimate of drug-likeness (QED) is 0.877. The fraction of sp³-hybridized carbons (Fsp3) is 0.333. The summed E-state index contributed by atoms with van der Waals surface area (Å²) in [7, 11) is 0. The van der Waals surface area contributed by atoms with Crippen molar-refractivity contribution < 1.29 is 4.42 Å². The monoisotopic (exact) mass is 244 g/mol. The van der Waals surface area contributed by atoms with Crippen molar-refractivity contribution in [2.45, 2.75) is 26.4 Å². The summed E-state index contributed by atoms with van der Waals surface area (Å²) in [6.45, 7) is 5.85. The van der Waals surface area contributed by atoms with E-state index in [1.807, 2.05) is 31.2 Å². The van der Waals surface area contributed by atoms with Gasteiger partial charge in [-0.3, -0.25) is 0 Å². The summed E-state index contributed by atoms with van der Waals surface area (Å²) in [5.41, 5.74) is 8.39. The first kappa shape index (κ1) is 12.7. The third-order valence-corrected chi connectivity index (χ3v) is 3.08. The minimum Gasteiger partial charge on any atom is -0.467 e. The van der Waals surface area contributed by atoms with Crippen LogP contribution >= 0.6 is 0 Å². The summed E-state index contributed by atoms with van der Waals surface area (Å²) in [5, 5.41) is 0. The maximum atomic E-state index is 6.03. The maximum absolute atomic E-state index is 6.03. The van der Waals surface area contributed by atoms with Gasteiger partial charge < -0.3 is 15.1 Å². The van der Waals surface area contributed by atoms with Crippen molar-refractivity contribution >= 4 is 5.69 Å². The lowest BCUT2D eigenvalue weighted by Gasteiger charge is -2.26. The van der Waals surface area contributed by atoms with E-state index in [1.165, 1.54) is 11.3 Å². The number of furan rings is 1. The largest absolute Gasteiger partial charge is 0.467 e. The van der Waals surface area contributed by atoms with Crippen LogP contribution in [0.4, 0.5) is 5.69 Å². The van der Waals surface area contributed by atoms with E-state index in [1.54, 1.807) is 6.26 Å². The van der Waals surface area contributed by atoms with Crippen LogP contribution in [-0.4, -0.2) is 6.54 Å². The van der Waals surface area contributed by atoms with Gasteiger partial charge >= 0.3 is 0 Å². The van der Waals surface area contributed by atoms with E-state index in [9.17, 15) is 0 Å². The molecule has 0 fully saturated rings. The Labute approximate surface area is 108 Å². The van der Waals surface area contributed by atoms with Gasteiger partial charge in [0.25, 0.3) is 0 Å². The van der Waals surface area contributed by atoms with E-state index < -0.39 is 0 Å². The first-order chi connectivity index (χ1) is 8.72. The maximum Gasteiger partial charge on any atom is 0.123 e. The Balaban J connectivity index is 2.27. The molecule has 1 atom stereocenters. The first-order valence-electron chi connectivity index (χ1n) is 6.34. The second-order valence-electron chi connectivity index (χ2n) is 4.44. The van der Waals surface area contributed by atoms with Crippen molar-refractivity contribution in [2.24, 2.45) is 5.73 Å². The number of hydrogen-bond donors (Lipinski definition) is 1. The molecule has 1 aromatic carbocycles. The van der Waals surface area contributed by atoms with E-state index in [0.29, 0.717) is 0 Å². The van der Waals surface area contributed by atoms with Crippen LogP contribution in [0.2, 0.25) is 0 Å². The van der Waals surface area contributed by atoms with E-state index >= 15 is 0 Å². The van der Waals surface area contributed by atoms with Gasteiger partial charge in [0, 0.05) is 18.3 Å². The average molecular weight is 244 g/mol. The summed E-state index contributed by atoms with van der Waals surface area (Å²) in [6.07, 6.45) is 1.71. The van der Waals surface area contributed by atoms with Gasteiger partial charge in [-0.05, 0) is 37.6 Å². The second-order valence-corrected chi connectivity index (χ2v) is 4.44. The molecule has 0 aliphatic rings. The van der Waals surface area contributed by atoms with Gasteiger partial charge in [-0.15, -0.1) is 0 Å². The molecule has 1 unspecified atom stereocenters. The standard InChI is InChI=1S/C15H20N2O/c1-3-17(11-13-7-6-10-18-13)15-9-5-4-8-14(15)12(2)16/h4-10,12H,3,11,16H2,1-2H3. The lowest BCUT2D eigenvalue weighted by molar-refractivity contribution is 0.503. The number of anilines is 1. The van der Waals surface area contributed by atoms with Crippen molar-refractivity contribution in [2.75, 3.05) is 11.4 Å². The Morgan fingerprint density at radius 1 is 1.22 bits per heavy atom. The van der Waals surface area contributed by atoms with Gasteiger partial charge in [-0.25, -0.2) is 0 Å². The minimum absolute atomic E-state index is 0.0341. The molecule has 0 aliphatic heterocycles. The van der Waals surface area contributed by atoms with Crippen molar-refractivity contribution in [3.63, 3.8) is 0 Å². The first-order valence-corrected chi connectivity index (χ1v) is 6.34. The molecule has 0 aliphatic carbocycles. The zero-order chi connectivity index (χ0) is 13.0. The SMILES string of the molecule is CCN(Cc1ccco1)c1ccccc1C(C)N. The fourth-order valence-electron chi connectivity index (χ4n) is 2.12. The highest BCUT2D eigenvalue weighted by molar-refractivity contribution is 5.54. The molecule has 0 bridgehead atoms. The fourth-order valence-corrected chi connectivity index (χ4v) is 2.12. The zero-order valence-electron chi connectivity index (χ0n) is 11.0. The normalized spacial score (nSPS) is 12.4. The molecule has 2 aromatic rings. The Kier molecular flexibility index (Phi) is 4.05. The molecule has 3 heteroatoms. The van der Waals surface area contributed by atoms with Crippen LogP contribution in [0, 0.1) is 0 Å². The summed E-state index contributed by atoms with van der Waals surface area (Å²) in [6, 6.07) is 12.2. The highest BCUT2D eigenvalue weighted by atomic mass is 16.3. The third kappa shape index (κ3) is 2.74. The Morgan fingerprint density at radius 3 is 2.61 bits per heavy atom. The smallest absolute Gasteiger partial charge is 0.123 e. The number of hydrogen-bond acceptors (Lipinski definition) is 3. The zero-order valence-corrected chi connectivity index (χ0v) is 11.0. The lowest BCUT2D eigenvalue weighted by atomic mass is 10.1. The summed E-state index contributed by atoms with van der Waals surface area (Å²) < 4.78 is 5.41. The highest BCUT2D eigenvalue weighted by Gasteiger charge is 2.13. The van der Waals surface area contributed by atoms with Crippen LogP contribution in [0.3, 0.4) is 0 Å². The van der Waals surface area contributed by atoms with Gasteiger partial charge in [-0.2, -0.15) is 0 Å². The summed E-state index contributed by atoms with van der Waals surface area (Å²) >= 11 is 0. The van der Waals surface area contributed by atoms with Crippen LogP contribution in [0.25, 0.3) is 0 Å². The van der Waals surface area contributed by atoms with Crippen molar-refractivity contribution in [3.05, 3.63) is 54.0 Å². The van der Waals surface area contributed by atoms with E-state index in [-0.39, 0.29) is 6.04 Å². The van der Waals surface area contributed by atoms with Crippen molar-refractivity contribution in [1.29, 1.82) is 0 Å². The molecule has 1 heterocycles. The van der Waals surface area contributed by atoms with Gasteiger partial charge in [0.2, 0.25) is 0 Å². The summed E-state index contributed by atoms with van der Waals surface area (Å²) in [5.74, 6) is 0.969. The van der Waals surface area contributed by atoms with E-state index in [0.717, 1.165) is 18.8 Å². The molecule has 3 nitrogen and oxygen atoms in total. The lowest BCUT2D eigenvalue weighted by Crippen LogP contribution is -2.24. The minimum atomic E-state index is 0.0341. The average Bonchev–Trinajstić information content (AvgIpc) is 2.88. The van der Waals surface area contributed by atoms with Gasteiger partial charge in [0.1, 0.15) is 5.76 Å². The highest BCUT2D eigenvalue weighted by Crippen LogP contribution is 2.26. The second kappa shape index (κ2) is 5.74. The molecule has 0 spiro atoms. The molecule has 2 N–H and O–H groups in total. The molecule has 18 heavy (non-hydrogen) atoms. The van der Waals surface area contributed by atoms with Crippen LogP contribution in [0.5, 0.6) is 0 Å². The number of nitrogens with two attached hydrogens (primary N) is 1. The van der Waals surface area contributed by atoms with Gasteiger partial charge in [-0.1, -0.05) is 18.2 Å². The molecule has 96 valence electrons.